The number of carbonyl (C=O) groups excluding carboxylic acids is 1. The largest absolute Gasteiger partial charge is 0.466 e. The van der Waals surface area contributed by atoms with Crippen LogP contribution in [0, 0.1) is 0 Å². The number of hydrogen-bond acceptors (Lipinski definition) is 6. The van der Waals surface area contributed by atoms with Crippen LogP contribution in [0.1, 0.15) is 39.0 Å². The van der Waals surface area contributed by atoms with Crippen molar-refractivity contribution in [1.82, 2.24) is 5.32 Å². The van der Waals surface area contributed by atoms with Gasteiger partial charge in [0, 0.05) is 18.7 Å². The molecule has 1 saturated heterocycles. The van der Waals surface area contributed by atoms with Crippen molar-refractivity contribution in [3.05, 3.63) is 30.3 Å². The molecule has 1 unspecified atom stereocenters. The van der Waals surface area contributed by atoms with Crippen LogP contribution in [0.5, 0.6) is 0 Å². The zero-order chi connectivity index (χ0) is 18.3. The van der Waals surface area contributed by atoms with Gasteiger partial charge >= 0.3 is 5.97 Å². The Bertz CT molecular complexity index is 647. The molecule has 1 heterocycles. The van der Waals surface area contributed by atoms with E-state index in [-0.39, 0.29) is 31.1 Å². The summed E-state index contributed by atoms with van der Waals surface area (Å²) in [6.45, 7) is 2.11. The van der Waals surface area contributed by atoms with Crippen LogP contribution in [0.25, 0.3) is 0 Å². The number of carbonyl (C=O) groups is 1. The lowest BCUT2D eigenvalue weighted by Crippen LogP contribution is -2.53. The molecule has 1 fully saturated rings. The molecule has 1 aromatic carbocycles. The molecular formula is C18H27NO5S. The Morgan fingerprint density at radius 2 is 2.00 bits per heavy atom. The number of aliphatic hydroxyl groups excluding tert-OH is 1. The maximum atomic E-state index is 13.0. The zero-order valence-electron chi connectivity index (χ0n) is 14.6. The van der Waals surface area contributed by atoms with Gasteiger partial charge in [0.2, 0.25) is 0 Å². The van der Waals surface area contributed by atoms with E-state index >= 15 is 0 Å². The lowest BCUT2D eigenvalue weighted by molar-refractivity contribution is -0.143. The van der Waals surface area contributed by atoms with E-state index in [1.807, 2.05) is 0 Å². The number of piperidine rings is 1. The molecule has 140 valence electrons. The predicted octanol–water partition coefficient (Wildman–Crippen LogP) is 1.68. The van der Waals surface area contributed by atoms with Gasteiger partial charge in [0.1, 0.15) is 0 Å². The number of sulfone groups is 1. The molecule has 0 aromatic heterocycles. The van der Waals surface area contributed by atoms with Crippen LogP contribution in [-0.4, -0.2) is 50.0 Å². The van der Waals surface area contributed by atoms with Crippen molar-refractivity contribution in [2.24, 2.45) is 0 Å². The van der Waals surface area contributed by atoms with Crippen molar-refractivity contribution in [2.45, 2.75) is 61.3 Å². The molecule has 3 atom stereocenters. The third-order valence-corrected chi connectivity index (χ3v) is 6.85. The van der Waals surface area contributed by atoms with Gasteiger partial charge in [0.15, 0.2) is 9.84 Å². The maximum absolute atomic E-state index is 13.0. The highest BCUT2D eigenvalue weighted by atomic mass is 32.2. The molecule has 0 spiro atoms. The first-order chi connectivity index (χ1) is 12.0. The standard InChI is InChI=1S/C18H27NO5S/c1-2-24-18(21)13-14-10-11-17(16(19-14)9-6-12-20)25(22,23)15-7-4-3-5-8-15/h3-5,7-8,14,16-17,19-20H,2,6,9-13H2,1H3/t14-,16?,17+/m0/s1. The summed E-state index contributed by atoms with van der Waals surface area (Å²) in [5.41, 5.74) is 0. The fourth-order valence-corrected chi connectivity index (χ4v) is 5.36. The van der Waals surface area contributed by atoms with Crippen molar-refractivity contribution in [2.75, 3.05) is 13.2 Å². The van der Waals surface area contributed by atoms with Gasteiger partial charge in [-0.1, -0.05) is 18.2 Å². The molecular weight excluding hydrogens is 342 g/mol. The smallest absolute Gasteiger partial charge is 0.307 e. The average molecular weight is 369 g/mol. The second-order valence-electron chi connectivity index (χ2n) is 6.32. The third-order valence-electron chi connectivity index (χ3n) is 4.56. The summed E-state index contributed by atoms with van der Waals surface area (Å²) in [7, 11) is -3.46. The first-order valence-corrected chi connectivity index (χ1v) is 10.3. The molecule has 6 nitrogen and oxygen atoms in total. The number of hydrogen-bond donors (Lipinski definition) is 2. The summed E-state index contributed by atoms with van der Waals surface area (Å²) < 4.78 is 31.0. The van der Waals surface area contributed by atoms with Gasteiger partial charge in [-0.3, -0.25) is 4.79 Å². The predicted molar refractivity (Wildman–Crippen MR) is 94.9 cm³/mol. The highest BCUT2D eigenvalue weighted by Gasteiger charge is 2.39. The number of aliphatic hydroxyl groups is 1. The molecule has 1 aliphatic rings. The molecule has 2 rings (SSSR count). The fraction of sp³-hybridized carbons (Fsp3) is 0.611. The molecule has 0 aliphatic carbocycles. The highest BCUT2D eigenvalue weighted by molar-refractivity contribution is 7.92. The molecule has 0 saturated carbocycles. The monoisotopic (exact) mass is 369 g/mol. The fourth-order valence-electron chi connectivity index (χ4n) is 3.38. The van der Waals surface area contributed by atoms with E-state index in [2.05, 4.69) is 5.32 Å². The van der Waals surface area contributed by atoms with Crippen molar-refractivity contribution >= 4 is 15.8 Å². The number of ether oxygens (including phenoxy) is 1. The first kappa shape index (κ1) is 19.9. The number of rotatable bonds is 8. The lowest BCUT2D eigenvalue weighted by atomic mass is 9.93. The second kappa shape index (κ2) is 9.31. The third kappa shape index (κ3) is 5.26. The normalized spacial score (nSPS) is 24.0. The minimum atomic E-state index is -3.46. The van der Waals surface area contributed by atoms with E-state index in [0.29, 0.717) is 37.2 Å². The van der Waals surface area contributed by atoms with Gasteiger partial charge in [-0.2, -0.15) is 0 Å². The van der Waals surface area contributed by atoms with Gasteiger partial charge in [-0.05, 0) is 44.7 Å². The van der Waals surface area contributed by atoms with E-state index in [4.69, 9.17) is 9.84 Å². The van der Waals surface area contributed by atoms with Gasteiger partial charge in [-0.25, -0.2) is 8.42 Å². The van der Waals surface area contributed by atoms with Gasteiger partial charge in [0.25, 0.3) is 0 Å². The topological polar surface area (TPSA) is 92.7 Å². The van der Waals surface area contributed by atoms with E-state index < -0.39 is 15.1 Å². The Morgan fingerprint density at radius 3 is 2.64 bits per heavy atom. The zero-order valence-corrected chi connectivity index (χ0v) is 15.4. The summed E-state index contributed by atoms with van der Waals surface area (Å²) >= 11 is 0. The van der Waals surface area contributed by atoms with Crippen LogP contribution in [0.4, 0.5) is 0 Å². The second-order valence-corrected chi connectivity index (χ2v) is 8.49. The Balaban J connectivity index is 2.14. The maximum Gasteiger partial charge on any atom is 0.307 e. The van der Waals surface area contributed by atoms with Crippen molar-refractivity contribution < 1.29 is 23.1 Å². The Hall–Kier alpha value is -1.44. The Morgan fingerprint density at radius 1 is 1.28 bits per heavy atom. The lowest BCUT2D eigenvalue weighted by Gasteiger charge is -2.37. The van der Waals surface area contributed by atoms with Crippen molar-refractivity contribution in [3.63, 3.8) is 0 Å². The molecule has 0 radical (unpaired) electrons. The molecule has 0 amide bonds. The van der Waals surface area contributed by atoms with Crippen molar-refractivity contribution in [1.29, 1.82) is 0 Å². The van der Waals surface area contributed by atoms with E-state index in [1.54, 1.807) is 37.3 Å². The molecule has 25 heavy (non-hydrogen) atoms. The quantitative estimate of drug-likeness (QED) is 0.677. The van der Waals surface area contributed by atoms with Gasteiger partial charge < -0.3 is 15.2 Å². The summed E-state index contributed by atoms with van der Waals surface area (Å²) in [6, 6.07) is 8.07. The number of benzene rings is 1. The minimum absolute atomic E-state index is 0.0127. The molecule has 7 heteroatoms. The van der Waals surface area contributed by atoms with Crippen LogP contribution in [-0.2, 0) is 19.4 Å². The van der Waals surface area contributed by atoms with Gasteiger partial charge in [0.05, 0.1) is 23.2 Å². The highest BCUT2D eigenvalue weighted by Crippen LogP contribution is 2.29. The first-order valence-electron chi connectivity index (χ1n) is 8.80. The molecule has 0 bridgehead atoms. The molecule has 1 aliphatic heterocycles. The van der Waals surface area contributed by atoms with Crippen LogP contribution in [0.2, 0.25) is 0 Å². The van der Waals surface area contributed by atoms with Crippen LogP contribution in [0.3, 0.4) is 0 Å². The van der Waals surface area contributed by atoms with E-state index in [9.17, 15) is 13.2 Å². The summed E-state index contributed by atoms with van der Waals surface area (Å²) in [6.07, 6.45) is 2.40. The van der Waals surface area contributed by atoms with Crippen LogP contribution >= 0.6 is 0 Å². The van der Waals surface area contributed by atoms with E-state index in [0.717, 1.165) is 0 Å². The van der Waals surface area contributed by atoms with Crippen LogP contribution < -0.4 is 5.32 Å². The Kier molecular flexibility index (Phi) is 7.40. The molecule has 2 N–H and O–H groups in total. The summed E-state index contributed by atoms with van der Waals surface area (Å²) in [4.78, 5) is 12.0. The minimum Gasteiger partial charge on any atom is -0.466 e. The van der Waals surface area contributed by atoms with E-state index in [1.165, 1.54) is 0 Å². The SMILES string of the molecule is CCOC(=O)C[C@@H]1CC[C@@H](S(=O)(=O)c2ccccc2)C(CCCO)N1. The Labute approximate surface area is 149 Å². The average Bonchev–Trinajstić information content (AvgIpc) is 2.61. The number of esters is 1. The summed E-state index contributed by atoms with van der Waals surface area (Å²) in [5, 5.41) is 11.9. The van der Waals surface area contributed by atoms with Crippen molar-refractivity contribution in [3.8, 4) is 0 Å². The van der Waals surface area contributed by atoms with Gasteiger partial charge in [-0.15, -0.1) is 0 Å². The van der Waals surface area contributed by atoms with Crippen LogP contribution in [0.15, 0.2) is 35.2 Å². The number of nitrogens with one attached hydrogen (secondary N) is 1. The summed E-state index contributed by atoms with van der Waals surface area (Å²) in [5.74, 6) is -0.273. The molecule has 1 aromatic rings.